The molecule has 1 fully saturated rings. The lowest BCUT2D eigenvalue weighted by molar-refractivity contribution is -0.491. The molecule has 140 valence electrons. The van der Waals surface area contributed by atoms with E-state index in [2.05, 4.69) is 22.4 Å². The topological polar surface area (TPSA) is 76.8 Å². The number of hydrogen-bond acceptors (Lipinski definition) is 6. The van der Waals surface area contributed by atoms with Gasteiger partial charge in [-0.15, -0.1) is 0 Å². The van der Waals surface area contributed by atoms with E-state index in [1.165, 1.54) is 24.6 Å². The van der Waals surface area contributed by atoms with E-state index >= 15 is 0 Å². The highest BCUT2D eigenvalue weighted by molar-refractivity contribution is 8.14. The molecule has 0 aromatic heterocycles. The zero-order valence-corrected chi connectivity index (χ0v) is 15.6. The molecule has 2 aromatic rings. The van der Waals surface area contributed by atoms with Crippen LogP contribution in [0.25, 0.3) is 0 Å². The van der Waals surface area contributed by atoms with Gasteiger partial charge in [0.15, 0.2) is 5.17 Å². The number of aliphatic imine (C=N–C) groups is 1. The smallest absolute Gasteiger partial charge is 0.284 e. The molecule has 6 nitrogen and oxygen atoms in total. The van der Waals surface area contributed by atoms with Gasteiger partial charge in [0.1, 0.15) is 18.9 Å². The van der Waals surface area contributed by atoms with E-state index in [4.69, 9.17) is 4.74 Å². The Labute approximate surface area is 162 Å². The fourth-order valence-electron chi connectivity index (χ4n) is 3.10. The minimum Gasteiger partial charge on any atom is -0.489 e. The van der Waals surface area contributed by atoms with Gasteiger partial charge in [-0.25, -0.2) is 0 Å². The molecule has 2 atom stereocenters. The summed E-state index contributed by atoms with van der Waals surface area (Å²) >= 11 is 1.21. The molecule has 1 aliphatic carbocycles. The molecule has 27 heavy (non-hydrogen) atoms. The zero-order chi connectivity index (χ0) is 18.6. The number of nitro groups is 1. The fraction of sp³-hybridized carbons (Fsp3) is 0.350. The Kier molecular flexibility index (Phi) is 5.29. The third kappa shape index (κ3) is 4.60. The molecule has 2 unspecified atom stereocenters. The van der Waals surface area contributed by atoms with Crippen molar-refractivity contribution in [1.82, 2.24) is 5.32 Å². The monoisotopic (exact) mass is 383 g/mol. The van der Waals surface area contributed by atoms with Crippen LogP contribution in [0.3, 0.4) is 0 Å². The van der Waals surface area contributed by atoms with E-state index in [0.717, 1.165) is 16.9 Å². The number of nitrogens with zero attached hydrogens (tertiary/aromatic N) is 2. The second-order valence-electron chi connectivity index (χ2n) is 6.81. The van der Waals surface area contributed by atoms with Crippen LogP contribution in [0.4, 0.5) is 0 Å². The van der Waals surface area contributed by atoms with E-state index in [1.807, 2.05) is 42.5 Å². The molecule has 0 amide bonds. The van der Waals surface area contributed by atoms with Crippen molar-refractivity contribution >= 4 is 16.9 Å². The van der Waals surface area contributed by atoms with E-state index < -0.39 is 5.37 Å². The molecule has 0 radical (unpaired) electrons. The van der Waals surface area contributed by atoms with Crippen molar-refractivity contribution in [3.63, 3.8) is 0 Å². The third-order valence-corrected chi connectivity index (χ3v) is 5.80. The predicted molar refractivity (Wildman–Crippen MR) is 106 cm³/mol. The lowest BCUT2D eigenvalue weighted by atomic mass is 10.0. The summed E-state index contributed by atoms with van der Waals surface area (Å²) in [7, 11) is 0. The highest BCUT2D eigenvalue weighted by Crippen LogP contribution is 2.42. The van der Waals surface area contributed by atoms with Crippen molar-refractivity contribution < 1.29 is 9.66 Å². The predicted octanol–water partition coefficient (Wildman–Crippen LogP) is 4.01. The Bertz CT molecular complexity index is 822. The number of ether oxygens (including phenoxy) is 1. The lowest BCUT2D eigenvalue weighted by Crippen LogP contribution is -2.27. The van der Waals surface area contributed by atoms with Gasteiger partial charge in [-0.3, -0.25) is 15.1 Å². The second kappa shape index (κ2) is 8.00. The normalized spacial score (nSPS) is 20.0. The number of nitrogens with one attached hydrogen (secondary N) is 1. The van der Waals surface area contributed by atoms with Crippen molar-refractivity contribution in [2.24, 2.45) is 10.9 Å². The molecule has 7 heteroatoms. The molecule has 2 aromatic carbocycles. The van der Waals surface area contributed by atoms with Crippen LogP contribution in [-0.4, -0.2) is 22.0 Å². The summed E-state index contributed by atoms with van der Waals surface area (Å²) in [4.78, 5) is 14.9. The van der Waals surface area contributed by atoms with E-state index in [-0.39, 0.29) is 17.5 Å². The highest BCUT2D eigenvalue weighted by atomic mass is 32.2. The van der Waals surface area contributed by atoms with Crippen LogP contribution in [-0.2, 0) is 6.61 Å². The Balaban J connectivity index is 1.38. The zero-order valence-electron chi connectivity index (χ0n) is 14.8. The molecule has 0 saturated heterocycles. The minimum atomic E-state index is -0.666. The second-order valence-corrected chi connectivity index (χ2v) is 7.97. The van der Waals surface area contributed by atoms with Gasteiger partial charge >= 0.3 is 0 Å². The van der Waals surface area contributed by atoms with Gasteiger partial charge in [0, 0.05) is 4.92 Å². The van der Waals surface area contributed by atoms with Gasteiger partial charge in [0.05, 0.1) is 6.04 Å². The Morgan fingerprint density at radius 3 is 2.56 bits per heavy atom. The van der Waals surface area contributed by atoms with Crippen LogP contribution < -0.4 is 10.1 Å². The first-order valence-electron chi connectivity index (χ1n) is 9.07. The molecule has 2 aliphatic rings. The quantitative estimate of drug-likeness (QED) is 0.577. The van der Waals surface area contributed by atoms with Gasteiger partial charge in [0.25, 0.3) is 5.37 Å². The molecular formula is C20H21N3O3S. The van der Waals surface area contributed by atoms with Gasteiger partial charge < -0.3 is 10.1 Å². The van der Waals surface area contributed by atoms with E-state index in [1.54, 1.807) is 0 Å². The number of hydrogen-bond donors (Lipinski definition) is 1. The highest BCUT2D eigenvalue weighted by Gasteiger charge is 2.36. The third-order valence-electron chi connectivity index (χ3n) is 4.73. The molecule has 1 saturated carbocycles. The van der Waals surface area contributed by atoms with Gasteiger partial charge in [0.2, 0.25) is 0 Å². The van der Waals surface area contributed by atoms with Crippen molar-refractivity contribution in [3.05, 3.63) is 75.8 Å². The molecule has 1 N–H and O–H groups in total. The molecule has 0 spiro atoms. The molecular weight excluding hydrogens is 362 g/mol. The number of thioether (sulfide) groups is 1. The van der Waals surface area contributed by atoms with Crippen LogP contribution in [0.5, 0.6) is 5.75 Å². The maximum Gasteiger partial charge on any atom is 0.284 e. The van der Waals surface area contributed by atoms with Crippen molar-refractivity contribution in [2.45, 2.75) is 30.9 Å². The molecule has 4 rings (SSSR count). The summed E-state index contributed by atoms with van der Waals surface area (Å²) in [5, 5.41) is 14.4. The van der Waals surface area contributed by atoms with E-state index in [0.29, 0.717) is 17.7 Å². The summed E-state index contributed by atoms with van der Waals surface area (Å²) < 4.78 is 5.85. The fourth-order valence-corrected chi connectivity index (χ4v) is 3.94. The first kappa shape index (κ1) is 17.9. The maximum absolute atomic E-state index is 10.9. The summed E-state index contributed by atoms with van der Waals surface area (Å²) in [6.45, 7) is 0.782. The number of rotatable bonds is 7. The Morgan fingerprint density at radius 1 is 1.19 bits per heavy atom. The van der Waals surface area contributed by atoms with Gasteiger partial charge in [-0.2, -0.15) is 0 Å². The lowest BCUT2D eigenvalue weighted by Gasteiger charge is -2.20. The maximum atomic E-state index is 10.9. The SMILES string of the molecule is O=[N+]([O-])C1CN=C(NC(c2ccc(OCc3ccccc3)cc2)C2CC2)S1. The number of amidine groups is 1. The number of benzene rings is 2. The Hall–Kier alpha value is -2.54. The van der Waals surface area contributed by atoms with E-state index in [9.17, 15) is 10.1 Å². The van der Waals surface area contributed by atoms with Crippen LogP contribution in [0.2, 0.25) is 0 Å². The molecule has 0 bridgehead atoms. The van der Waals surface area contributed by atoms with Crippen LogP contribution in [0, 0.1) is 16.0 Å². The van der Waals surface area contributed by atoms with Crippen LogP contribution >= 0.6 is 11.8 Å². The molecule has 1 aliphatic heterocycles. The average molecular weight is 383 g/mol. The largest absolute Gasteiger partial charge is 0.489 e. The first-order chi connectivity index (χ1) is 13.2. The van der Waals surface area contributed by atoms with Crippen LogP contribution in [0.15, 0.2) is 59.6 Å². The standard InChI is InChI=1S/C20H21N3O3S/c24-23(25)18-12-21-20(27-18)22-19(15-6-7-15)16-8-10-17(11-9-16)26-13-14-4-2-1-3-5-14/h1-5,8-11,15,18-19H,6-7,12-13H2,(H,21,22). The first-order valence-corrected chi connectivity index (χ1v) is 9.95. The summed E-state index contributed by atoms with van der Waals surface area (Å²) in [5.74, 6) is 1.39. The van der Waals surface area contributed by atoms with Crippen LogP contribution in [0.1, 0.15) is 30.0 Å². The minimum absolute atomic E-state index is 0.143. The van der Waals surface area contributed by atoms with Crippen molar-refractivity contribution in [3.8, 4) is 5.75 Å². The summed E-state index contributed by atoms with van der Waals surface area (Å²) in [6, 6.07) is 18.3. The molecule has 1 heterocycles. The summed E-state index contributed by atoms with van der Waals surface area (Å²) in [5.41, 5.74) is 2.30. The Morgan fingerprint density at radius 2 is 1.93 bits per heavy atom. The summed E-state index contributed by atoms with van der Waals surface area (Å²) in [6.07, 6.45) is 2.33. The van der Waals surface area contributed by atoms with Crippen molar-refractivity contribution in [2.75, 3.05) is 6.54 Å². The van der Waals surface area contributed by atoms with Gasteiger partial charge in [-0.05, 0) is 53.8 Å². The average Bonchev–Trinajstić information content (AvgIpc) is 3.43. The van der Waals surface area contributed by atoms with Gasteiger partial charge in [-0.1, -0.05) is 42.5 Å². The van der Waals surface area contributed by atoms with Crippen molar-refractivity contribution in [1.29, 1.82) is 0 Å².